The number of sulfone groups is 1. The fraction of sp³-hybridized carbons (Fsp3) is 0. The molecule has 114 valence electrons. The Morgan fingerprint density at radius 1 is 0.909 bits per heavy atom. The van der Waals surface area contributed by atoms with Gasteiger partial charge >= 0.3 is 0 Å². The highest BCUT2D eigenvalue weighted by atomic mass is 79.9. The van der Waals surface area contributed by atoms with Gasteiger partial charge in [-0.25, -0.2) is 8.42 Å². The van der Waals surface area contributed by atoms with Gasteiger partial charge in [0.05, 0.1) is 20.8 Å². The lowest BCUT2D eigenvalue weighted by Crippen LogP contribution is -2.06. The van der Waals surface area contributed by atoms with E-state index in [1.54, 1.807) is 0 Å². The number of hydrogen-bond donors (Lipinski definition) is 0. The van der Waals surface area contributed by atoms with E-state index in [0.29, 0.717) is 10.5 Å². The molecular formula is C12H7BrN2O6S. The number of nitro benzene ring substituents is 2. The quantitative estimate of drug-likeness (QED) is 0.587. The molecule has 0 N–H and O–H groups in total. The molecule has 0 aliphatic carbocycles. The second-order valence-electron chi connectivity index (χ2n) is 4.12. The summed E-state index contributed by atoms with van der Waals surface area (Å²) in [5, 5.41) is 21.7. The van der Waals surface area contributed by atoms with Crippen LogP contribution in [0.4, 0.5) is 11.4 Å². The van der Waals surface area contributed by atoms with Crippen molar-refractivity contribution in [2.45, 2.75) is 9.79 Å². The predicted molar refractivity (Wildman–Crippen MR) is 79.3 cm³/mol. The van der Waals surface area contributed by atoms with Crippen LogP contribution in [-0.4, -0.2) is 18.3 Å². The normalized spacial score (nSPS) is 11.1. The number of halogens is 1. The Kier molecular flexibility index (Phi) is 4.24. The lowest BCUT2D eigenvalue weighted by atomic mass is 10.3. The van der Waals surface area contributed by atoms with Crippen molar-refractivity contribution in [2.24, 2.45) is 0 Å². The molecule has 8 nitrogen and oxygen atoms in total. The van der Waals surface area contributed by atoms with Gasteiger partial charge in [-0.15, -0.1) is 0 Å². The summed E-state index contributed by atoms with van der Waals surface area (Å²) in [4.78, 5) is 19.2. The zero-order chi connectivity index (χ0) is 16.5. The highest BCUT2D eigenvalue weighted by Gasteiger charge is 2.29. The van der Waals surface area contributed by atoms with Gasteiger partial charge in [-0.05, 0) is 30.3 Å². The molecule has 2 aromatic rings. The molecule has 0 atom stereocenters. The monoisotopic (exact) mass is 386 g/mol. The Hall–Kier alpha value is -2.33. The van der Waals surface area contributed by atoms with E-state index in [1.165, 1.54) is 24.3 Å². The number of hydrogen-bond acceptors (Lipinski definition) is 6. The fourth-order valence-electron chi connectivity index (χ4n) is 1.73. The van der Waals surface area contributed by atoms with E-state index in [0.717, 1.165) is 12.1 Å². The van der Waals surface area contributed by atoms with Gasteiger partial charge in [-0.3, -0.25) is 20.2 Å². The van der Waals surface area contributed by atoms with E-state index in [-0.39, 0.29) is 4.90 Å². The SMILES string of the molecule is O=[N+]([O-])c1ccc(S(=O)(=O)c2ccc(Br)cc2)c([N+](=O)[O-])c1. The van der Waals surface area contributed by atoms with Crippen LogP contribution in [0, 0.1) is 20.2 Å². The maximum absolute atomic E-state index is 12.5. The van der Waals surface area contributed by atoms with Gasteiger partial charge in [0.25, 0.3) is 11.4 Å². The molecule has 0 bridgehead atoms. The summed E-state index contributed by atoms with van der Waals surface area (Å²) in [7, 11) is -4.16. The Morgan fingerprint density at radius 3 is 2.00 bits per heavy atom. The molecule has 0 unspecified atom stereocenters. The molecule has 0 saturated carbocycles. The van der Waals surface area contributed by atoms with Crippen molar-refractivity contribution in [3.63, 3.8) is 0 Å². The van der Waals surface area contributed by atoms with Crippen molar-refractivity contribution in [3.05, 3.63) is 67.2 Å². The zero-order valence-electron chi connectivity index (χ0n) is 10.7. The molecule has 0 aliphatic rings. The van der Waals surface area contributed by atoms with Gasteiger partial charge in [-0.1, -0.05) is 15.9 Å². The van der Waals surface area contributed by atoms with Crippen molar-refractivity contribution < 1.29 is 18.3 Å². The smallest absolute Gasteiger partial charge is 0.258 e. The van der Waals surface area contributed by atoms with Gasteiger partial charge in [0.1, 0.15) is 4.90 Å². The molecule has 2 rings (SSSR count). The molecule has 2 aromatic carbocycles. The van der Waals surface area contributed by atoms with E-state index in [4.69, 9.17) is 0 Å². The summed E-state index contributed by atoms with van der Waals surface area (Å²) in [6.07, 6.45) is 0. The second-order valence-corrected chi connectivity index (χ2v) is 6.96. The summed E-state index contributed by atoms with van der Waals surface area (Å²) in [5.74, 6) is 0. The molecule has 10 heteroatoms. The van der Waals surface area contributed by atoms with Crippen LogP contribution in [0.3, 0.4) is 0 Å². The second kappa shape index (κ2) is 5.81. The first-order chi connectivity index (χ1) is 10.2. The first-order valence-corrected chi connectivity index (χ1v) is 7.94. The molecule has 0 spiro atoms. The van der Waals surface area contributed by atoms with Crippen LogP contribution < -0.4 is 0 Å². The maximum atomic E-state index is 12.5. The molecule has 22 heavy (non-hydrogen) atoms. The minimum absolute atomic E-state index is 0.146. The lowest BCUT2D eigenvalue weighted by Gasteiger charge is -2.05. The van der Waals surface area contributed by atoms with Crippen LogP contribution in [0.1, 0.15) is 0 Å². The summed E-state index contributed by atoms with van der Waals surface area (Å²) in [6.45, 7) is 0. The molecule has 0 amide bonds. The summed E-state index contributed by atoms with van der Waals surface area (Å²) in [6, 6.07) is 7.93. The van der Waals surface area contributed by atoms with Crippen molar-refractivity contribution in [3.8, 4) is 0 Å². The third-order valence-corrected chi connectivity index (χ3v) is 5.11. The largest absolute Gasteiger partial charge is 0.295 e. The fourth-order valence-corrected chi connectivity index (χ4v) is 3.40. The molecule has 0 radical (unpaired) electrons. The van der Waals surface area contributed by atoms with Crippen LogP contribution in [0.15, 0.2) is 56.7 Å². The Morgan fingerprint density at radius 2 is 1.50 bits per heavy atom. The third kappa shape index (κ3) is 2.97. The maximum Gasteiger partial charge on any atom is 0.295 e. The number of non-ortho nitro benzene ring substituents is 1. The van der Waals surface area contributed by atoms with E-state index in [2.05, 4.69) is 15.9 Å². The lowest BCUT2D eigenvalue weighted by molar-refractivity contribution is -0.396. The van der Waals surface area contributed by atoms with E-state index in [9.17, 15) is 28.6 Å². The molecule has 0 heterocycles. The Bertz CT molecular complexity index is 864. The van der Waals surface area contributed by atoms with Crippen LogP contribution in [0.5, 0.6) is 0 Å². The topological polar surface area (TPSA) is 120 Å². The average Bonchev–Trinajstić information content (AvgIpc) is 2.46. The van der Waals surface area contributed by atoms with Gasteiger partial charge < -0.3 is 0 Å². The molecular weight excluding hydrogens is 380 g/mol. The summed E-state index contributed by atoms with van der Waals surface area (Å²) < 4.78 is 25.6. The minimum Gasteiger partial charge on any atom is -0.258 e. The number of rotatable bonds is 4. The summed E-state index contributed by atoms with van der Waals surface area (Å²) >= 11 is 3.15. The first-order valence-electron chi connectivity index (χ1n) is 5.67. The van der Waals surface area contributed by atoms with Crippen molar-refractivity contribution in [1.29, 1.82) is 0 Å². The molecule has 0 aliphatic heterocycles. The molecule has 0 aromatic heterocycles. The van der Waals surface area contributed by atoms with Crippen LogP contribution >= 0.6 is 15.9 Å². The standard InChI is InChI=1S/C12H7BrN2O6S/c13-8-1-4-10(5-2-8)22(20,21)12-6-3-9(14(16)17)7-11(12)15(18)19/h1-7H. The van der Waals surface area contributed by atoms with Crippen LogP contribution in [0.25, 0.3) is 0 Å². The van der Waals surface area contributed by atoms with Crippen LogP contribution in [-0.2, 0) is 9.84 Å². The zero-order valence-corrected chi connectivity index (χ0v) is 13.1. The predicted octanol–water partition coefficient (Wildman–Crippen LogP) is 3.10. The number of nitrogens with zero attached hydrogens (tertiary/aromatic N) is 2. The van der Waals surface area contributed by atoms with Gasteiger partial charge in [0.2, 0.25) is 9.84 Å². The summed E-state index contributed by atoms with van der Waals surface area (Å²) in [5.41, 5.74) is -1.39. The first kappa shape index (κ1) is 16.0. The average molecular weight is 387 g/mol. The molecule has 0 fully saturated rings. The van der Waals surface area contributed by atoms with E-state index in [1.807, 2.05) is 0 Å². The highest BCUT2D eigenvalue weighted by Crippen LogP contribution is 2.32. The highest BCUT2D eigenvalue weighted by molar-refractivity contribution is 9.10. The van der Waals surface area contributed by atoms with Crippen molar-refractivity contribution >= 4 is 37.1 Å². The molecule has 0 saturated heterocycles. The van der Waals surface area contributed by atoms with Gasteiger partial charge in [0, 0.05) is 10.5 Å². The van der Waals surface area contributed by atoms with Crippen molar-refractivity contribution in [2.75, 3.05) is 0 Å². The number of nitro groups is 2. The van der Waals surface area contributed by atoms with Crippen LogP contribution in [0.2, 0.25) is 0 Å². The van der Waals surface area contributed by atoms with Gasteiger partial charge in [-0.2, -0.15) is 0 Å². The Labute approximate surface area is 132 Å². The van der Waals surface area contributed by atoms with E-state index < -0.39 is 36.0 Å². The van der Waals surface area contributed by atoms with Gasteiger partial charge in [0.15, 0.2) is 0 Å². The minimum atomic E-state index is -4.16. The van der Waals surface area contributed by atoms with Crippen molar-refractivity contribution in [1.82, 2.24) is 0 Å². The van der Waals surface area contributed by atoms with E-state index >= 15 is 0 Å². The Balaban J connectivity index is 2.67. The number of benzene rings is 2. The third-order valence-electron chi connectivity index (χ3n) is 2.76.